The molecule has 2 aromatic heterocycles. The molecule has 70 heavy (non-hydrogen) atoms. The zero-order valence-electron chi connectivity index (χ0n) is 44.6. The first-order valence-corrected chi connectivity index (χ1v) is 31.5. The van der Waals surface area contributed by atoms with Crippen molar-refractivity contribution >= 4 is 77.2 Å². The SMILES string of the molecule is CCCCCCCCC1(CCCCCCCC)c2cc3c(cc2-c2c1cc(B(O)O)c1n[se]nc21)C(CCCCCCCC)(CCCCCCCC)c1cc(B2OC(C)(C)C(C)(C)O2)c2n[se]nc2c1-3. The second-order valence-corrected chi connectivity index (χ2v) is 25.1. The van der Waals surface area contributed by atoms with Crippen LogP contribution in [0.2, 0.25) is 0 Å². The summed E-state index contributed by atoms with van der Waals surface area (Å²) >= 11 is -0.602. The van der Waals surface area contributed by atoms with Crippen molar-refractivity contribution in [3.05, 3.63) is 46.5 Å². The van der Waals surface area contributed by atoms with Gasteiger partial charge in [-0.1, -0.05) is 27.7 Å². The van der Waals surface area contributed by atoms with E-state index < -0.39 is 25.4 Å². The van der Waals surface area contributed by atoms with Crippen molar-refractivity contribution in [2.24, 2.45) is 0 Å². The summed E-state index contributed by atoms with van der Waals surface area (Å²) in [5.41, 5.74) is 14.4. The van der Waals surface area contributed by atoms with Gasteiger partial charge in [-0.3, -0.25) is 0 Å². The van der Waals surface area contributed by atoms with Crippen molar-refractivity contribution in [1.82, 2.24) is 15.9 Å². The first-order valence-electron chi connectivity index (χ1n) is 28.4. The zero-order chi connectivity index (χ0) is 49.5. The molecule has 1 saturated heterocycles. The van der Waals surface area contributed by atoms with E-state index >= 15 is 0 Å². The van der Waals surface area contributed by atoms with E-state index in [-0.39, 0.29) is 40.8 Å². The van der Waals surface area contributed by atoms with Crippen LogP contribution >= 0.6 is 0 Å². The second kappa shape index (κ2) is 24.0. The molecule has 2 aliphatic carbocycles. The minimum atomic E-state index is -1.61. The van der Waals surface area contributed by atoms with Gasteiger partial charge in [0, 0.05) is 0 Å². The minimum absolute atomic E-state index is 0.229. The van der Waals surface area contributed by atoms with Gasteiger partial charge in [-0.2, -0.15) is 0 Å². The first-order chi connectivity index (χ1) is 33.9. The number of unbranched alkanes of at least 4 members (excludes halogenated alkanes) is 20. The maximum atomic E-state index is 11.1. The van der Waals surface area contributed by atoms with E-state index in [9.17, 15) is 10.0 Å². The molecule has 3 aliphatic rings. The molecule has 1 fully saturated rings. The quantitative estimate of drug-likeness (QED) is 0.0346. The molecule has 0 amide bonds. The second-order valence-electron chi connectivity index (χ2n) is 22.8. The first kappa shape index (κ1) is 54.1. The van der Waals surface area contributed by atoms with Crippen LogP contribution in [0.25, 0.3) is 44.3 Å². The van der Waals surface area contributed by atoms with Gasteiger partial charge in [0.1, 0.15) is 0 Å². The fourth-order valence-electron chi connectivity index (χ4n) is 12.8. The van der Waals surface area contributed by atoms with E-state index in [1.54, 1.807) is 0 Å². The van der Waals surface area contributed by atoms with E-state index in [0.717, 1.165) is 60.5 Å². The standard InChI is InChI=1S/C58H86B2N4O4Se2/c1-9-13-17-21-25-29-33-57(34-30-26-22-18-14-10-2)43-38-42-44(37-41(43)49-45(57)39-47(59(65)66)51-53(49)63-69-61-51)58(35-31-27-23-19-15-11-3,36-32-28-24-20-16-12-4)46-40-48(52-54(50(42)46)64-70-62-52)60-67-55(5,6)56(7,8)68-60/h37-40,65-66H,9-36H2,1-8H3. The van der Waals surface area contributed by atoms with Crippen LogP contribution < -0.4 is 10.9 Å². The molecule has 3 aromatic carbocycles. The monoisotopic (exact) mass is 1080 g/mol. The summed E-state index contributed by atoms with van der Waals surface area (Å²) in [7, 11) is -2.13. The molecule has 2 N–H and O–H groups in total. The molecule has 5 aromatic rings. The topological polar surface area (TPSA) is 110 Å². The molecule has 0 unspecified atom stereocenters. The van der Waals surface area contributed by atoms with Crippen LogP contribution in [0.4, 0.5) is 0 Å². The Balaban J connectivity index is 1.37. The van der Waals surface area contributed by atoms with Gasteiger partial charge >= 0.3 is 411 Å². The Kier molecular flexibility index (Phi) is 18.6. The average molecular weight is 1080 g/mol. The number of fused-ring (bicyclic) bond motifs is 10. The van der Waals surface area contributed by atoms with Crippen molar-refractivity contribution < 1.29 is 19.4 Å². The van der Waals surface area contributed by atoms with Crippen molar-refractivity contribution in [2.75, 3.05) is 0 Å². The molecule has 8 nitrogen and oxygen atoms in total. The van der Waals surface area contributed by atoms with Crippen LogP contribution in [-0.2, 0) is 20.1 Å². The number of hydrogen-bond acceptors (Lipinski definition) is 8. The van der Waals surface area contributed by atoms with Gasteiger partial charge in [0.25, 0.3) is 0 Å². The fraction of sp³-hybridized carbons (Fsp3) is 0.690. The molecule has 1 aliphatic heterocycles. The summed E-state index contributed by atoms with van der Waals surface area (Å²) in [6, 6.07) is 10.0. The van der Waals surface area contributed by atoms with Gasteiger partial charge in [0.2, 0.25) is 0 Å². The third-order valence-corrected chi connectivity index (χ3v) is 19.7. The molecule has 0 spiro atoms. The van der Waals surface area contributed by atoms with Gasteiger partial charge in [0.15, 0.2) is 0 Å². The molecule has 3 heterocycles. The predicted molar refractivity (Wildman–Crippen MR) is 296 cm³/mol. The van der Waals surface area contributed by atoms with Gasteiger partial charge in [-0.05, 0) is 0 Å². The molecule has 8 rings (SSSR count). The van der Waals surface area contributed by atoms with E-state index in [2.05, 4.69) is 79.7 Å². The molecule has 0 atom stereocenters. The Morgan fingerprint density at radius 1 is 0.443 bits per heavy atom. The molecule has 0 bridgehead atoms. The number of benzene rings is 3. The summed E-state index contributed by atoms with van der Waals surface area (Å²) in [5, 5.41) is 22.2. The normalized spacial score (nSPS) is 16.9. The van der Waals surface area contributed by atoms with Crippen molar-refractivity contribution in [1.29, 1.82) is 0 Å². The van der Waals surface area contributed by atoms with E-state index in [1.807, 2.05) is 0 Å². The molecule has 0 radical (unpaired) electrons. The third kappa shape index (κ3) is 10.7. The summed E-state index contributed by atoms with van der Waals surface area (Å²) in [6.45, 7) is 17.9. The van der Waals surface area contributed by atoms with Gasteiger partial charge in [-0.15, -0.1) is 0 Å². The zero-order valence-corrected chi connectivity index (χ0v) is 48.0. The maximum absolute atomic E-state index is 11.1. The molecule has 12 heteroatoms. The van der Waals surface area contributed by atoms with Crippen molar-refractivity contribution in [3.8, 4) is 22.3 Å². The molecular weight excluding hydrogens is 996 g/mol. The van der Waals surface area contributed by atoms with Crippen LogP contribution in [0.15, 0.2) is 24.3 Å². The third-order valence-electron chi connectivity index (χ3n) is 17.5. The Labute approximate surface area is 435 Å². The Morgan fingerprint density at radius 3 is 1.19 bits per heavy atom. The van der Waals surface area contributed by atoms with Crippen molar-refractivity contribution in [2.45, 2.75) is 257 Å². The summed E-state index contributed by atoms with van der Waals surface area (Å²) < 4.78 is 34.7. The Bertz CT molecular complexity index is 2470. The summed E-state index contributed by atoms with van der Waals surface area (Å²) in [4.78, 5) is 0. The van der Waals surface area contributed by atoms with Crippen LogP contribution in [0.3, 0.4) is 0 Å². The number of rotatable bonds is 30. The summed E-state index contributed by atoms with van der Waals surface area (Å²) in [6.07, 6.45) is 34.1. The Morgan fingerprint density at radius 2 is 0.786 bits per heavy atom. The van der Waals surface area contributed by atoms with Gasteiger partial charge < -0.3 is 0 Å². The van der Waals surface area contributed by atoms with Gasteiger partial charge in [-0.25, -0.2) is 0 Å². The van der Waals surface area contributed by atoms with E-state index in [4.69, 9.17) is 25.2 Å². The van der Waals surface area contributed by atoms with Crippen molar-refractivity contribution in [3.63, 3.8) is 0 Å². The van der Waals surface area contributed by atoms with Crippen LogP contribution in [0, 0.1) is 0 Å². The molecule has 380 valence electrons. The number of hydrogen-bond donors (Lipinski definition) is 2. The van der Waals surface area contributed by atoms with Crippen LogP contribution in [-0.4, -0.2) is 81.3 Å². The molecule has 0 saturated carbocycles. The van der Waals surface area contributed by atoms with Crippen LogP contribution in [0.5, 0.6) is 0 Å². The van der Waals surface area contributed by atoms with E-state index in [1.165, 1.54) is 186 Å². The summed E-state index contributed by atoms with van der Waals surface area (Å²) in [5.74, 6) is 0. The number of aromatic nitrogens is 4. The number of nitrogens with zero attached hydrogens (tertiary/aromatic N) is 4. The van der Waals surface area contributed by atoms with Crippen LogP contribution in [0.1, 0.15) is 257 Å². The van der Waals surface area contributed by atoms with E-state index in [0.29, 0.717) is 11.0 Å². The average Bonchev–Trinajstić information content (AvgIpc) is 4.16. The predicted octanol–water partition coefficient (Wildman–Crippen LogP) is 13.2. The van der Waals surface area contributed by atoms with Gasteiger partial charge in [0.05, 0.1) is 0 Å². The molecular formula is C58H86B2N4O4Se2. The fourth-order valence-corrected chi connectivity index (χ4v) is 15.2. The Hall–Kier alpha value is -2.13.